The number of nitrogen functional groups attached to an aromatic ring is 1. The quantitative estimate of drug-likeness (QED) is 0.594. The molecular weight excluding hydrogens is 329 g/mol. The Morgan fingerprint density at radius 2 is 2.25 bits per heavy atom. The second-order valence-corrected chi connectivity index (χ2v) is 6.61. The summed E-state index contributed by atoms with van der Waals surface area (Å²) >= 11 is 1.42. The lowest BCUT2D eigenvalue weighted by Crippen LogP contribution is -2.43. The van der Waals surface area contributed by atoms with Crippen LogP contribution in [-0.4, -0.2) is 23.5 Å². The number of carbonyl (C=O) groups is 1. The van der Waals surface area contributed by atoms with Gasteiger partial charge in [-0.15, -0.1) is 11.3 Å². The van der Waals surface area contributed by atoms with Crippen molar-refractivity contribution < 1.29 is 9.18 Å². The summed E-state index contributed by atoms with van der Waals surface area (Å²) in [6.45, 7) is 0.568. The van der Waals surface area contributed by atoms with E-state index >= 15 is 0 Å². The van der Waals surface area contributed by atoms with Crippen molar-refractivity contribution >= 4 is 22.4 Å². The highest BCUT2D eigenvalue weighted by molar-refractivity contribution is 7.13. The Labute approximate surface area is 143 Å². The zero-order valence-corrected chi connectivity index (χ0v) is 13.9. The summed E-state index contributed by atoms with van der Waals surface area (Å²) in [6.07, 6.45) is 2.09. The maximum atomic E-state index is 13.8. The van der Waals surface area contributed by atoms with Gasteiger partial charge in [0.2, 0.25) is 5.91 Å². The molecule has 128 valence electrons. The van der Waals surface area contributed by atoms with Gasteiger partial charge in [-0.2, -0.15) is 0 Å². The Morgan fingerprint density at radius 1 is 1.42 bits per heavy atom. The minimum absolute atomic E-state index is 0.0841. The number of hydrogen-bond acceptors (Lipinski definition) is 6. The van der Waals surface area contributed by atoms with E-state index in [-0.39, 0.29) is 23.8 Å². The molecule has 1 saturated heterocycles. The SMILES string of the molecule is Nc1nc(CCCNC(=O)C2CC(c3ccccc3F)NN2)cs1. The van der Waals surface area contributed by atoms with E-state index in [4.69, 9.17) is 5.73 Å². The Bertz CT molecular complexity index is 707. The molecule has 0 bridgehead atoms. The van der Waals surface area contributed by atoms with Crippen molar-refractivity contribution in [1.82, 2.24) is 21.2 Å². The second kappa shape index (κ2) is 7.69. The first-order valence-electron chi connectivity index (χ1n) is 7.86. The van der Waals surface area contributed by atoms with E-state index in [1.807, 2.05) is 5.38 Å². The Hall–Kier alpha value is -2.03. The highest BCUT2D eigenvalue weighted by Gasteiger charge is 2.31. The molecular formula is C16H20FN5OS. The van der Waals surface area contributed by atoms with E-state index in [0.717, 1.165) is 18.5 Å². The third-order valence-corrected chi connectivity index (χ3v) is 4.70. The number of aryl methyl sites for hydroxylation is 1. The highest BCUT2D eigenvalue weighted by Crippen LogP contribution is 2.24. The molecule has 0 saturated carbocycles. The molecule has 1 aliphatic rings. The predicted molar refractivity (Wildman–Crippen MR) is 91.7 cm³/mol. The number of benzene rings is 1. The first-order valence-corrected chi connectivity index (χ1v) is 8.74. The van der Waals surface area contributed by atoms with Crippen LogP contribution < -0.4 is 21.9 Å². The number of thiazole rings is 1. The van der Waals surface area contributed by atoms with Crippen LogP contribution in [-0.2, 0) is 11.2 Å². The first kappa shape index (κ1) is 16.8. The van der Waals surface area contributed by atoms with E-state index in [1.54, 1.807) is 18.2 Å². The number of nitrogens with zero attached hydrogens (tertiary/aromatic N) is 1. The average molecular weight is 349 g/mol. The largest absolute Gasteiger partial charge is 0.375 e. The zero-order chi connectivity index (χ0) is 16.9. The first-order chi connectivity index (χ1) is 11.6. The topological polar surface area (TPSA) is 92.1 Å². The molecule has 2 aromatic rings. The fraction of sp³-hybridized carbons (Fsp3) is 0.375. The van der Waals surface area contributed by atoms with Crippen molar-refractivity contribution in [3.05, 3.63) is 46.7 Å². The van der Waals surface area contributed by atoms with Crippen LogP contribution in [0.5, 0.6) is 0 Å². The van der Waals surface area contributed by atoms with Gasteiger partial charge >= 0.3 is 0 Å². The van der Waals surface area contributed by atoms with Gasteiger partial charge in [0.05, 0.1) is 11.7 Å². The van der Waals surface area contributed by atoms with Gasteiger partial charge in [-0.3, -0.25) is 4.79 Å². The maximum Gasteiger partial charge on any atom is 0.238 e. The predicted octanol–water partition coefficient (Wildman–Crippen LogP) is 1.52. The van der Waals surface area contributed by atoms with Crippen LogP contribution in [0, 0.1) is 5.82 Å². The second-order valence-electron chi connectivity index (χ2n) is 5.72. The molecule has 5 N–H and O–H groups in total. The Balaban J connectivity index is 1.42. The van der Waals surface area contributed by atoms with Crippen molar-refractivity contribution in [1.29, 1.82) is 0 Å². The molecule has 0 aliphatic carbocycles. The third-order valence-electron chi connectivity index (χ3n) is 3.98. The van der Waals surface area contributed by atoms with Crippen molar-refractivity contribution in [3.8, 4) is 0 Å². The standard InChI is InChI=1S/C16H20FN5OS/c17-12-6-2-1-5-11(12)13-8-14(22-21-13)15(23)19-7-3-4-10-9-24-16(18)20-10/h1-2,5-6,9,13-14,21-22H,3-4,7-8H2,(H2,18,20)(H,19,23). The summed E-state index contributed by atoms with van der Waals surface area (Å²) in [5.41, 5.74) is 13.0. The minimum atomic E-state index is -0.371. The van der Waals surface area contributed by atoms with Crippen LogP contribution in [0.4, 0.5) is 9.52 Å². The van der Waals surface area contributed by atoms with Gasteiger partial charge in [-0.1, -0.05) is 18.2 Å². The molecule has 1 aliphatic heterocycles. The van der Waals surface area contributed by atoms with E-state index in [0.29, 0.717) is 23.7 Å². The molecule has 2 atom stereocenters. The van der Waals surface area contributed by atoms with Gasteiger partial charge in [0.1, 0.15) is 11.9 Å². The molecule has 6 nitrogen and oxygen atoms in total. The van der Waals surface area contributed by atoms with E-state index in [2.05, 4.69) is 21.2 Å². The van der Waals surface area contributed by atoms with Crippen molar-refractivity contribution in [3.63, 3.8) is 0 Å². The summed E-state index contributed by atoms with van der Waals surface area (Å²) in [6, 6.07) is 6.02. The van der Waals surface area contributed by atoms with Gasteiger partial charge in [0, 0.05) is 17.5 Å². The molecule has 2 unspecified atom stereocenters. The monoisotopic (exact) mass is 349 g/mol. The van der Waals surface area contributed by atoms with Gasteiger partial charge in [0.15, 0.2) is 5.13 Å². The van der Waals surface area contributed by atoms with E-state index < -0.39 is 0 Å². The summed E-state index contributed by atoms with van der Waals surface area (Å²) in [7, 11) is 0. The number of hydrazine groups is 1. The number of carbonyl (C=O) groups excluding carboxylic acids is 1. The molecule has 3 rings (SSSR count). The maximum absolute atomic E-state index is 13.8. The molecule has 8 heteroatoms. The smallest absolute Gasteiger partial charge is 0.238 e. The summed E-state index contributed by atoms with van der Waals surface area (Å²) < 4.78 is 13.8. The fourth-order valence-electron chi connectivity index (χ4n) is 2.73. The van der Waals surface area contributed by atoms with Gasteiger partial charge in [0.25, 0.3) is 0 Å². The third kappa shape index (κ3) is 4.08. The Morgan fingerprint density at radius 3 is 3.00 bits per heavy atom. The summed E-state index contributed by atoms with van der Waals surface area (Å²) in [5, 5.41) is 5.39. The lowest BCUT2D eigenvalue weighted by molar-refractivity contribution is -0.122. The van der Waals surface area contributed by atoms with Crippen LogP contribution >= 0.6 is 11.3 Å². The highest BCUT2D eigenvalue weighted by atomic mass is 32.1. The molecule has 0 radical (unpaired) electrons. The molecule has 2 heterocycles. The van der Waals surface area contributed by atoms with Crippen molar-refractivity contribution in [2.75, 3.05) is 12.3 Å². The number of nitrogens with two attached hydrogens (primary N) is 1. The molecule has 1 fully saturated rings. The molecule has 1 aromatic carbocycles. The number of rotatable bonds is 6. The number of halogens is 1. The summed E-state index contributed by atoms with van der Waals surface area (Å²) in [4.78, 5) is 16.4. The van der Waals surface area contributed by atoms with Gasteiger partial charge in [-0.25, -0.2) is 20.2 Å². The number of hydrogen-bond donors (Lipinski definition) is 4. The number of aromatic nitrogens is 1. The van der Waals surface area contributed by atoms with Crippen LogP contribution in [0.15, 0.2) is 29.6 Å². The van der Waals surface area contributed by atoms with Crippen LogP contribution in [0.25, 0.3) is 0 Å². The van der Waals surface area contributed by atoms with Crippen LogP contribution in [0.3, 0.4) is 0 Å². The van der Waals surface area contributed by atoms with E-state index in [1.165, 1.54) is 17.4 Å². The van der Waals surface area contributed by atoms with Crippen molar-refractivity contribution in [2.24, 2.45) is 0 Å². The normalized spacial score (nSPS) is 20.2. The van der Waals surface area contributed by atoms with Crippen molar-refractivity contribution in [2.45, 2.75) is 31.3 Å². The number of anilines is 1. The summed E-state index contributed by atoms with van der Waals surface area (Å²) in [5.74, 6) is -0.348. The van der Waals surface area contributed by atoms with E-state index in [9.17, 15) is 9.18 Å². The minimum Gasteiger partial charge on any atom is -0.375 e. The van der Waals surface area contributed by atoms with Crippen LogP contribution in [0.2, 0.25) is 0 Å². The van der Waals surface area contributed by atoms with Gasteiger partial charge in [-0.05, 0) is 25.3 Å². The fourth-order valence-corrected chi connectivity index (χ4v) is 3.33. The molecule has 24 heavy (non-hydrogen) atoms. The Kier molecular flexibility index (Phi) is 5.39. The van der Waals surface area contributed by atoms with Gasteiger partial charge < -0.3 is 11.1 Å². The molecule has 1 aromatic heterocycles. The lowest BCUT2D eigenvalue weighted by Gasteiger charge is -2.11. The lowest BCUT2D eigenvalue weighted by atomic mass is 10.0. The average Bonchev–Trinajstić information content (AvgIpc) is 3.21. The number of nitrogens with one attached hydrogen (secondary N) is 3. The molecule has 1 amide bonds. The number of amides is 1. The molecule has 0 spiro atoms. The van der Waals surface area contributed by atoms with Crippen LogP contribution in [0.1, 0.15) is 30.1 Å². The zero-order valence-electron chi connectivity index (χ0n) is 13.1.